The van der Waals surface area contributed by atoms with E-state index in [1.54, 1.807) is 14.2 Å². The number of nitrogens with one attached hydrogen (secondary N) is 1. The predicted octanol–water partition coefficient (Wildman–Crippen LogP) is 2.16. The maximum atomic E-state index is 12.0. The van der Waals surface area contributed by atoms with Gasteiger partial charge in [0.1, 0.15) is 5.75 Å². The summed E-state index contributed by atoms with van der Waals surface area (Å²) in [6, 6.07) is 7.52. The summed E-state index contributed by atoms with van der Waals surface area (Å²) in [6.45, 7) is 5.80. The molecule has 6 heteroatoms. The SMILES string of the molecule is COc1ccc(SCC(=O)N(C)CC(=O)NC(C)(C)C)cc1. The minimum atomic E-state index is -0.293. The zero-order chi connectivity index (χ0) is 16.8. The Morgan fingerprint density at radius 3 is 2.32 bits per heavy atom. The molecule has 1 aromatic carbocycles. The molecule has 1 N–H and O–H groups in total. The number of benzene rings is 1. The lowest BCUT2D eigenvalue weighted by atomic mass is 10.1. The van der Waals surface area contributed by atoms with Crippen molar-refractivity contribution >= 4 is 23.6 Å². The topological polar surface area (TPSA) is 58.6 Å². The van der Waals surface area contributed by atoms with Crippen LogP contribution in [0.2, 0.25) is 0 Å². The highest BCUT2D eigenvalue weighted by molar-refractivity contribution is 8.00. The second-order valence-corrected chi connectivity index (χ2v) is 7.06. The number of hydrogen-bond donors (Lipinski definition) is 1. The Kier molecular flexibility index (Phi) is 6.74. The Hall–Kier alpha value is -1.69. The number of thioether (sulfide) groups is 1. The highest BCUT2D eigenvalue weighted by Crippen LogP contribution is 2.21. The number of hydrogen-bond acceptors (Lipinski definition) is 4. The highest BCUT2D eigenvalue weighted by Gasteiger charge is 2.17. The van der Waals surface area contributed by atoms with Gasteiger partial charge in [0, 0.05) is 17.5 Å². The Bertz CT molecular complexity index is 509. The van der Waals surface area contributed by atoms with Crippen LogP contribution in [0.1, 0.15) is 20.8 Å². The summed E-state index contributed by atoms with van der Waals surface area (Å²) in [4.78, 5) is 26.3. The van der Waals surface area contributed by atoms with Crippen LogP contribution in [0.15, 0.2) is 29.2 Å². The van der Waals surface area contributed by atoms with E-state index in [2.05, 4.69) is 5.32 Å². The summed E-state index contributed by atoms with van der Waals surface area (Å²) in [6.07, 6.45) is 0. The molecule has 0 spiro atoms. The molecule has 0 unspecified atom stereocenters. The minimum Gasteiger partial charge on any atom is -0.497 e. The first-order chi connectivity index (χ1) is 10.2. The van der Waals surface area contributed by atoms with Gasteiger partial charge in [-0.25, -0.2) is 0 Å². The summed E-state index contributed by atoms with van der Waals surface area (Å²) < 4.78 is 5.09. The predicted molar refractivity (Wildman–Crippen MR) is 89.3 cm³/mol. The molecular weight excluding hydrogens is 300 g/mol. The first-order valence-electron chi connectivity index (χ1n) is 7.03. The van der Waals surface area contributed by atoms with E-state index < -0.39 is 0 Å². The number of methoxy groups -OCH3 is 1. The minimum absolute atomic E-state index is 0.0687. The van der Waals surface area contributed by atoms with Crippen LogP contribution in [0.4, 0.5) is 0 Å². The van der Waals surface area contributed by atoms with E-state index in [1.165, 1.54) is 16.7 Å². The lowest BCUT2D eigenvalue weighted by Gasteiger charge is -2.23. The molecule has 0 heterocycles. The molecule has 0 aromatic heterocycles. The van der Waals surface area contributed by atoms with Crippen molar-refractivity contribution in [1.82, 2.24) is 10.2 Å². The molecule has 0 aliphatic carbocycles. The molecule has 0 atom stereocenters. The van der Waals surface area contributed by atoms with E-state index in [0.717, 1.165) is 10.6 Å². The van der Waals surface area contributed by atoms with Crippen molar-refractivity contribution in [3.63, 3.8) is 0 Å². The fraction of sp³-hybridized carbons (Fsp3) is 0.500. The molecule has 22 heavy (non-hydrogen) atoms. The number of amides is 2. The molecule has 0 bridgehead atoms. The molecule has 1 aromatic rings. The van der Waals surface area contributed by atoms with Crippen molar-refractivity contribution in [3.8, 4) is 5.75 Å². The van der Waals surface area contributed by atoms with Gasteiger partial charge in [-0.3, -0.25) is 9.59 Å². The van der Waals surface area contributed by atoms with Crippen LogP contribution in [-0.4, -0.2) is 48.7 Å². The van der Waals surface area contributed by atoms with Gasteiger partial charge in [0.25, 0.3) is 0 Å². The number of rotatable bonds is 6. The van der Waals surface area contributed by atoms with E-state index in [0.29, 0.717) is 5.75 Å². The van der Waals surface area contributed by atoms with Gasteiger partial charge >= 0.3 is 0 Å². The number of carbonyl (C=O) groups is 2. The summed E-state index contributed by atoms with van der Waals surface area (Å²) in [7, 11) is 3.25. The smallest absolute Gasteiger partial charge is 0.240 e. The zero-order valence-corrected chi connectivity index (χ0v) is 14.6. The summed E-state index contributed by atoms with van der Waals surface area (Å²) in [5, 5.41) is 2.84. The standard InChI is InChI=1S/C16H24N2O3S/c1-16(2,3)17-14(19)10-18(4)15(20)11-22-13-8-6-12(21-5)7-9-13/h6-9H,10-11H2,1-5H3,(H,17,19). The Labute approximate surface area is 136 Å². The van der Waals surface area contributed by atoms with E-state index in [9.17, 15) is 9.59 Å². The normalized spacial score (nSPS) is 11.0. The van der Waals surface area contributed by atoms with Crippen LogP contribution in [0.5, 0.6) is 5.75 Å². The molecule has 0 fully saturated rings. The first kappa shape index (κ1) is 18.4. The molecule has 0 saturated heterocycles. The molecule has 0 radical (unpaired) electrons. The third-order valence-electron chi connectivity index (χ3n) is 2.74. The van der Waals surface area contributed by atoms with Crippen LogP contribution in [0.3, 0.4) is 0 Å². The van der Waals surface area contributed by atoms with Gasteiger partial charge < -0.3 is 15.0 Å². The molecule has 1 rings (SSSR count). The monoisotopic (exact) mass is 324 g/mol. The fourth-order valence-electron chi connectivity index (χ4n) is 1.69. The number of ether oxygens (including phenoxy) is 1. The third kappa shape index (κ3) is 6.85. The van der Waals surface area contributed by atoms with Crippen molar-refractivity contribution in [2.45, 2.75) is 31.2 Å². The quantitative estimate of drug-likeness (QED) is 0.815. The maximum Gasteiger partial charge on any atom is 0.240 e. The molecule has 0 saturated carbocycles. The van der Waals surface area contributed by atoms with Gasteiger partial charge in [-0.2, -0.15) is 0 Å². The highest BCUT2D eigenvalue weighted by atomic mass is 32.2. The van der Waals surface area contributed by atoms with Gasteiger partial charge in [0.15, 0.2) is 0 Å². The Morgan fingerprint density at radius 1 is 1.23 bits per heavy atom. The van der Waals surface area contributed by atoms with Crippen molar-refractivity contribution < 1.29 is 14.3 Å². The average Bonchev–Trinajstić information content (AvgIpc) is 2.43. The summed E-state index contributed by atoms with van der Waals surface area (Å²) in [5.74, 6) is 0.848. The molecule has 5 nitrogen and oxygen atoms in total. The molecule has 0 aliphatic rings. The lowest BCUT2D eigenvalue weighted by molar-refractivity contribution is -0.133. The van der Waals surface area contributed by atoms with E-state index in [4.69, 9.17) is 4.74 Å². The lowest BCUT2D eigenvalue weighted by Crippen LogP contribution is -2.46. The summed E-state index contributed by atoms with van der Waals surface area (Å²) >= 11 is 1.44. The van der Waals surface area contributed by atoms with Gasteiger partial charge in [0.2, 0.25) is 11.8 Å². The second kappa shape index (κ2) is 8.08. The number of carbonyl (C=O) groups excluding carboxylic acids is 2. The molecule has 0 aliphatic heterocycles. The fourth-order valence-corrected chi connectivity index (χ4v) is 2.53. The van der Waals surface area contributed by atoms with Crippen molar-refractivity contribution in [2.75, 3.05) is 26.5 Å². The van der Waals surface area contributed by atoms with Gasteiger partial charge in [-0.15, -0.1) is 11.8 Å². The van der Waals surface area contributed by atoms with E-state index >= 15 is 0 Å². The summed E-state index contributed by atoms with van der Waals surface area (Å²) in [5.41, 5.74) is -0.293. The van der Waals surface area contributed by atoms with Crippen molar-refractivity contribution in [1.29, 1.82) is 0 Å². The second-order valence-electron chi connectivity index (χ2n) is 6.01. The average molecular weight is 324 g/mol. The first-order valence-corrected chi connectivity index (χ1v) is 8.01. The van der Waals surface area contributed by atoms with Crippen molar-refractivity contribution in [2.24, 2.45) is 0 Å². The number of nitrogens with zero attached hydrogens (tertiary/aromatic N) is 1. The van der Waals surface area contributed by atoms with E-state index in [-0.39, 0.29) is 23.9 Å². The van der Waals surface area contributed by atoms with Crippen LogP contribution in [0, 0.1) is 0 Å². The Morgan fingerprint density at radius 2 is 1.82 bits per heavy atom. The Balaban J connectivity index is 2.42. The number of likely N-dealkylation sites (N-methyl/N-ethyl adjacent to an activating group) is 1. The van der Waals surface area contributed by atoms with Gasteiger partial charge in [0.05, 0.1) is 19.4 Å². The molecule has 2 amide bonds. The van der Waals surface area contributed by atoms with Crippen LogP contribution < -0.4 is 10.1 Å². The van der Waals surface area contributed by atoms with Crippen LogP contribution in [0.25, 0.3) is 0 Å². The van der Waals surface area contributed by atoms with Gasteiger partial charge in [-0.05, 0) is 45.0 Å². The maximum absolute atomic E-state index is 12.0. The molecular formula is C16H24N2O3S. The van der Waals surface area contributed by atoms with Crippen LogP contribution in [-0.2, 0) is 9.59 Å². The van der Waals surface area contributed by atoms with E-state index in [1.807, 2.05) is 45.0 Å². The molecule has 122 valence electrons. The van der Waals surface area contributed by atoms with Gasteiger partial charge in [-0.1, -0.05) is 0 Å². The van der Waals surface area contributed by atoms with Crippen molar-refractivity contribution in [3.05, 3.63) is 24.3 Å². The van der Waals surface area contributed by atoms with Crippen LogP contribution >= 0.6 is 11.8 Å². The largest absolute Gasteiger partial charge is 0.497 e. The zero-order valence-electron chi connectivity index (χ0n) is 13.8. The third-order valence-corrected chi connectivity index (χ3v) is 3.74.